The van der Waals surface area contributed by atoms with Crippen molar-refractivity contribution in [3.8, 4) is 0 Å². The Labute approximate surface area is 215 Å². The molecular formula is C24H24BClF6N2O3. The molecule has 1 saturated heterocycles. The van der Waals surface area contributed by atoms with Gasteiger partial charge in [0.05, 0.1) is 33.7 Å². The number of benzene rings is 2. The molecule has 0 saturated carbocycles. The van der Waals surface area contributed by atoms with Crippen LogP contribution >= 0.6 is 11.6 Å². The van der Waals surface area contributed by atoms with Crippen LogP contribution in [0.1, 0.15) is 45.7 Å². The molecule has 1 fully saturated rings. The molecule has 13 heteroatoms. The summed E-state index contributed by atoms with van der Waals surface area (Å²) in [5.41, 5.74) is -6.76. The fraction of sp³-hybridized carbons (Fsp3) is 0.458. The van der Waals surface area contributed by atoms with Gasteiger partial charge in [-0.05, 0) is 50.9 Å². The number of nitrogens with zero attached hydrogens (tertiary/aromatic N) is 2. The van der Waals surface area contributed by atoms with Crippen LogP contribution in [0.2, 0.25) is 5.02 Å². The van der Waals surface area contributed by atoms with Crippen molar-refractivity contribution in [2.45, 2.75) is 69.3 Å². The molecule has 1 unspecified atom stereocenters. The van der Waals surface area contributed by atoms with Crippen molar-refractivity contribution in [2.75, 3.05) is 5.01 Å². The fourth-order valence-electron chi connectivity index (χ4n) is 4.19. The number of aliphatic hydroxyl groups is 1. The Morgan fingerprint density at radius 2 is 1.43 bits per heavy atom. The number of anilines is 1. The first-order chi connectivity index (χ1) is 16.9. The van der Waals surface area contributed by atoms with Gasteiger partial charge in [0.2, 0.25) is 0 Å². The number of hydrogen-bond donors (Lipinski definition) is 1. The van der Waals surface area contributed by atoms with Gasteiger partial charge in [0.1, 0.15) is 0 Å². The molecule has 2 aromatic rings. The average molecular weight is 549 g/mol. The number of alkyl halides is 6. The molecule has 37 heavy (non-hydrogen) atoms. The topological polar surface area (TPSA) is 54.3 Å². The maximum Gasteiger partial charge on any atom is 0.494 e. The predicted molar refractivity (Wildman–Crippen MR) is 128 cm³/mol. The summed E-state index contributed by atoms with van der Waals surface area (Å²) in [7, 11) is -0.713. The van der Waals surface area contributed by atoms with E-state index in [0.717, 1.165) is 5.01 Å². The average Bonchev–Trinajstić information content (AvgIpc) is 3.30. The highest BCUT2D eigenvalue weighted by Gasteiger charge is 2.74. The first kappa shape index (κ1) is 27.8. The summed E-state index contributed by atoms with van der Waals surface area (Å²) in [5.74, 6) is 0. The van der Waals surface area contributed by atoms with E-state index in [2.05, 4.69) is 5.10 Å². The first-order valence-corrected chi connectivity index (χ1v) is 11.7. The Kier molecular flexibility index (Phi) is 6.67. The molecule has 200 valence electrons. The highest BCUT2D eigenvalue weighted by molar-refractivity contribution is 6.62. The lowest BCUT2D eigenvalue weighted by atomic mass is 9.78. The van der Waals surface area contributed by atoms with Gasteiger partial charge in [0.25, 0.3) is 5.60 Å². The Morgan fingerprint density at radius 1 is 0.919 bits per heavy atom. The quantitative estimate of drug-likeness (QED) is 0.388. The Balaban J connectivity index is 1.73. The fourth-order valence-corrected chi connectivity index (χ4v) is 4.41. The van der Waals surface area contributed by atoms with Crippen LogP contribution < -0.4 is 10.5 Å². The van der Waals surface area contributed by atoms with Crippen LogP contribution in [0, 0.1) is 0 Å². The summed E-state index contributed by atoms with van der Waals surface area (Å²) < 4.78 is 93.7. The van der Waals surface area contributed by atoms with Crippen molar-refractivity contribution in [1.82, 2.24) is 0 Å². The molecule has 2 aliphatic heterocycles. The Bertz CT molecular complexity index is 1170. The summed E-state index contributed by atoms with van der Waals surface area (Å²) in [5, 5.41) is 14.7. The Hall–Kier alpha value is -2.28. The second-order valence-electron chi connectivity index (χ2n) is 10.0. The van der Waals surface area contributed by atoms with Crippen LogP contribution in [0.25, 0.3) is 0 Å². The summed E-state index contributed by atoms with van der Waals surface area (Å²) in [6, 6.07) is 11.2. The number of para-hydroxylation sites is 1. The standard InChI is InChI=1S/C24H24BClF6N2O3/c1-20(2)21(3,4)37-25(36-20)15-11-9-14(10-12-15)18-13-19(22(35,23(27,28)29)24(30,31)32)33-34(18)17-8-6-5-7-16(17)26/h5-12,18,35H,13H2,1-4H3. The normalized spacial score (nSPS) is 21.9. The molecule has 2 aromatic carbocycles. The van der Waals surface area contributed by atoms with Gasteiger partial charge in [-0.15, -0.1) is 0 Å². The first-order valence-electron chi connectivity index (χ1n) is 11.3. The minimum atomic E-state index is -6.05. The molecule has 4 rings (SSSR count). The minimum Gasteiger partial charge on any atom is -0.399 e. The lowest BCUT2D eigenvalue weighted by Gasteiger charge is -2.32. The van der Waals surface area contributed by atoms with E-state index in [0.29, 0.717) is 11.0 Å². The van der Waals surface area contributed by atoms with Gasteiger partial charge in [-0.2, -0.15) is 31.4 Å². The summed E-state index contributed by atoms with van der Waals surface area (Å²) in [6.07, 6.45) is -13.0. The van der Waals surface area contributed by atoms with Crippen molar-refractivity contribution >= 4 is 35.6 Å². The zero-order valence-electron chi connectivity index (χ0n) is 20.3. The summed E-state index contributed by atoms with van der Waals surface area (Å²) in [4.78, 5) is 0. The second-order valence-corrected chi connectivity index (χ2v) is 10.4. The van der Waals surface area contributed by atoms with E-state index in [1.807, 2.05) is 27.7 Å². The molecule has 0 aliphatic carbocycles. The maximum atomic E-state index is 13.6. The zero-order valence-corrected chi connectivity index (χ0v) is 21.0. The van der Waals surface area contributed by atoms with Crippen molar-refractivity contribution in [3.05, 3.63) is 59.1 Å². The molecule has 5 nitrogen and oxygen atoms in total. The molecule has 1 N–H and O–H groups in total. The molecule has 0 aromatic heterocycles. The molecule has 2 heterocycles. The van der Waals surface area contributed by atoms with Crippen LogP contribution in [0.4, 0.5) is 32.0 Å². The second kappa shape index (κ2) is 8.89. The molecule has 0 radical (unpaired) electrons. The van der Waals surface area contributed by atoms with Gasteiger partial charge >= 0.3 is 19.5 Å². The third-order valence-electron chi connectivity index (χ3n) is 7.09. The highest BCUT2D eigenvalue weighted by atomic mass is 35.5. The highest BCUT2D eigenvalue weighted by Crippen LogP contribution is 2.49. The molecule has 0 amide bonds. The van der Waals surface area contributed by atoms with E-state index in [-0.39, 0.29) is 10.7 Å². The van der Waals surface area contributed by atoms with E-state index in [1.165, 1.54) is 18.2 Å². The molecule has 1 atom stereocenters. The number of hydrogen-bond acceptors (Lipinski definition) is 5. The SMILES string of the molecule is CC1(C)OB(c2ccc(C3CC(C(O)(C(F)(F)F)C(F)(F)F)=NN3c3ccccc3Cl)cc2)OC1(C)C. The van der Waals surface area contributed by atoms with Crippen LogP contribution in [0.15, 0.2) is 53.6 Å². The number of hydrazone groups is 1. The van der Waals surface area contributed by atoms with Gasteiger partial charge in [-0.3, -0.25) is 5.01 Å². The smallest absolute Gasteiger partial charge is 0.399 e. The van der Waals surface area contributed by atoms with E-state index in [1.54, 1.807) is 30.3 Å². The van der Waals surface area contributed by atoms with Crippen LogP contribution in [0.5, 0.6) is 0 Å². The summed E-state index contributed by atoms with van der Waals surface area (Å²) in [6.45, 7) is 7.51. The lowest BCUT2D eigenvalue weighted by Crippen LogP contribution is -2.62. The summed E-state index contributed by atoms with van der Waals surface area (Å²) >= 11 is 6.21. The largest absolute Gasteiger partial charge is 0.494 e. The van der Waals surface area contributed by atoms with Crippen LogP contribution in [-0.4, -0.2) is 47.1 Å². The Morgan fingerprint density at radius 3 is 1.92 bits per heavy atom. The number of rotatable bonds is 4. The van der Waals surface area contributed by atoms with Gasteiger partial charge in [0.15, 0.2) is 0 Å². The number of halogens is 7. The third kappa shape index (κ3) is 4.62. The maximum absolute atomic E-state index is 13.6. The van der Waals surface area contributed by atoms with Gasteiger partial charge in [-0.1, -0.05) is 48.0 Å². The third-order valence-corrected chi connectivity index (χ3v) is 7.41. The van der Waals surface area contributed by atoms with E-state index < -0.39 is 54.4 Å². The van der Waals surface area contributed by atoms with Gasteiger partial charge < -0.3 is 14.4 Å². The van der Waals surface area contributed by atoms with Crippen LogP contribution in [0.3, 0.4) is 0 Å². The minimum absolute atomic E-state index is 0.0638. The molecular weight excluding hydrogens is 525 g/mol. The van der Waals surface area contributed by atoms with Crippen molar-refractivity contribution in [2.24, 2.45) is 5.10 Å². The molecule has 0 spiro atoms. The van der Waals surface area contributed by atoms with E-state index >= 15 is 0 Å². The van der Waals surface area contributed by atoms with Crippen LogP contribution in [-0.2, 0) is 9.31 Å². The lowest BCUT2D eigenvalue weighted by molar-refractivity contribution is -0.338. The molecule has 0 bridgehead atoms. The van der Waals surface area contributed by atoms with Gasteiger partial charge in [-0.25, -0.2) is 0 Å². The molecule has 2 aliphatic rings. The van der Waals surface area contributed by atoms with Gasteiger partial charge in [0, 0.05) is 6.42 Å². The van der Waals surface area contributed by atoms with E-state index in [9.17, 15) is 31.4 Å². The van der Waals surface area contributed by atoms with E-state index in [4.69, 9.17) is 20.9 Å². The zero-order chi connectivity index (χ0) is 27.6. The van der Waals surface area contributed by atoms with Crippen molar-refractivity contribution < 1.29 is 40.8 Å². The van der Waals surface area contributed by atoms with Crippen molar-refractivity contribution in [3.63, 3.8) is 0 Å². The monoisotopic (exact) mass is 548 g/mol. The predicted octanol–water partition coefficient (Wildman–Crippen LogP) is 5.80. The van der Waals surface area contributed by atoms with Crippen molar-refractivity contribution in [1.29, 1.82) is 0 Å².